The largest absolute Gasteiger partial charge is 0.326 e. The highest BCUT2D eigenvalue weighted by Crippen LogP contribution is 2.36. The molecule has 4 rings (SSSR count). The van der Waals surface area contributed by atoms with Gasteiger partial charge in [0, 0.05) is 17.8 Å². The Hall–Kier alpha value is -2.62. The van der Waals surface area contributed by atoms with Crippen LogP contribution in [0.5, 0.6) is 0 Å². The van der Waals surface area contributed by atoms with Gasteiger partial charge in [-0.3, -0.25) is 9.36 Å². The fraction of sp³-hybridized carbons (Fsp3) is 0.222. The van der Waals surface area contributed by atoms with Crippen molar-refractivity contribution in [3.8, 4) is 5.69 Å². The van der Waals surface area contributed by atoms with E-state index in [1.54, 1.807) is 0 Å². The summed E-state index contributed by atoms with van der Waals surface area (Å²) in [5, 5.41) is 3.00. The minimum Gasteiger partial charge on any atom is -0.326 e. The number of carbonyl (C=O) groups is 1. The van der Waals surface area contributed by atoms with Gasteiger partial charge in [-0.05, 0) is 48.2 Å². The first kappa shape index (κ1) is 13.1. The first-order chi connectivity index (χ1) is 10.6. The molecule has 1 amide bonds. The van der Waals surface area contributed by atoms with Crippen LogP contribution in [-0.2, 0) is 4.79 Å². The van der Waals surface area contributed by atoms with Gasteiger partial charge in [0.25, 0.3) is 0 Å². The number of hydrogen-bond donors (Lipinski definition) is 1. The van der Waals surface area contributed by atoms with Crippen molar-refractivity contribution >= 4 is 22.6 Å². The first-order valence-electron chi connectivity index (χ1n) is 7.50. The Kier molecular flexibility index (Phi) is 2.79. The maximum Gasteiger partial charge on any atom is 0.224 e. The van der Waals surface area contributed by atoms with Gasteiger partial charge in [0.2, 0.25) is 5.91 Å². The van der Waals surface area contributed by atoms with Gasteiger partial charge in [-0.1, -0.05) is 19.1 Å². The minimum atomic E-state index is 0.101. The summed E-state index contributed by atoms with van der Waals surface area (Å²) in [6.07, 6.45) is 2.40. The lowest BCUT2D eigenvalue weighted by atomic mass is 9.90. The molecule has 1 aromatic heterocycles. The molecule has 0 saturated carbocycles. The van der Waals surface area contributed by atoms with Crippen LogP contribution in [0.1, 0.15) is 30.4 Å². The average molecular weight is 291 g/mol. The molecule has 0 aliphatic carbocycles. The first-order valence-corrected chi connectivity index (χ1v) is 7.50. The Balaban J connectivity index is 1.92. The van der Waals surface area contributed by atoms with Gasteiger partial charge in [0.05, 0.1) is 11.0 Å². The summed E-state index contributed by atoms with van der Waals surface area (Å²) in [5.41, 5.74) is 6.43. The van der Waals surface area contributed by atoms with E-state index in [0.717, 1.165) is 28.0 Å². The molecule has 22 heavy (non-hydrogen) atoms. The predicted octanol–water partition coefficient (Wildman–Crippen LogP) is 3.78. The summed E-state index contributed by atoms with van der Waals surface area (Å²) >= 11 is 0. The van der Waals surface area contributed by atoms with E-state index < -0.39 is 0 Å². The summed E-state index contributed by atoms with van der Waals surface area (Å²) in [6, 6.07) is 12.4. The second-order valence-electron chi connectivity index (χ2n) is 5.98. The van der Waals surface area contributed by atoms with E-state index in [1.165, 1.54) is 5.56 Å². The summed E-state index contributed by atoms with van der Waals surface area (Å²) < 4.78 is 2.10. The normalized spacial score (nSPS) is 17.4. The Morgan fingerprint density at radius 1 is 1.27 bits per heavy atom. The maximum absolute atomic E-state index is 11.8. The molecular weight excluding hydrogens is 274 g/mol. The summed E-state index contributed by atoms with van der Waals surface area (Å²) in [6.45, 7) is 4.15. The number of hydrogen-bond acceptors (Lipinski definition) is 2. The van der Waals surface area contributed by atoms with E-state index in [2.05, 4.69) is 40.0 Å². The second kappa shape index (κ2) is 4.70. The van der Waals surface area contributed by atoms with E-state index in [0.29, 0.717) is 6.42 Å². The van der Waals surface area contributed by atoms with Crippen molar-refractivity contribution in [1.82, 2.24) is 9.55 Å². The van der Waals surface area contributed by atoms with Crippen molar-refractivity contribution in [3.63, 3.8) is 0 Å². The molecule has 1 unspecified atom stereocenters. The summed E-state index contributed by atoms with van der Waals surface area (Å²) in [7, 11) is 0. The Morgan fingerprint density at radius 2 is 2.09 bits per heavy atom. The molecular formula is C18H17N3O. The fourth-order valence-corrected chi connectivity index (χ4v) is 3.24. The lowest BCUT2D eigenvalue weighted by molar-refractivity contribution is -0.116. The number of nitrogens with zero attached hydrogens (tertiary/aromatic N) is 2. The topological polar surface area (TPSA) is 46.9 Å². The molecule has 0 fully saturated rings. The Labute approximate surface area is 128 Å². The SMILES string of the molecule is Cc1cc(-n2cnc3ccccc32)cc2c1NC(=O)CC2C. The second-order valence-corrected chi connectivity index (χ2v) is 5.98. The lowest BCUT2D eigenvalue weighted by Gasteiger charge is -2.25. The molecule has 0 radical (unpaired) electrons. The smallest absolute Gasteiger partial charge is 0.224 e. The fourth-order valence-electron chi connectivity index (χ4n) is 3.24. The number of benzene rings is 2. The maximum atomic E-state index is 11.8. The summed E-state index contributed by atoms with van der Waals surface area (Å²) in [4.78, 5) is 16.2. The molecule has 1 atom stereocenters. The van der Waals surface area contributed by atoms with Crippen molar-refractivity contribution in [2.75, 3.05) is 5.32 Å². The molecule has 1 aliphatic rings. The Bertz CT molecular complexity index is 894. The van der Waals surface area contributed by atoms with Crippen LogP contribution in [0.4, 0.5) is 5.69 Å². The van der Waals surface area contributed by atoms with Gasteiger partial charge in [-0.2, -0.15) is 0 Å². The zero-order valence-corrected chi connectivity index (χ0v) is 12.6. The number of aryl methyl sites for hydroxylation is 1. The van der Waals surface area contributed by atoms with Gasteiger partial charge < -0.3 is 5.32 Å². The van der Waals surface area contributed by atoms with Crippen molar-refractivity contribution in [2.24, 2.45) is 0 Å². The lowest BCUT2D eigenvalue weighted by Crippen LogP contribution is -2.22. The zero-order chi connectivity index (χ0) is 15.3. The standard InChI is InChI=1S/C18H17N3O/c1-11-8-17(22)20-18-12(2)7-13(9-14(11)18)21-10-19-15-5-3-4-6-16(15)21/h3-7,9-11H,8H2,1-2H3,(H,20,22). The van der Waals surface area contributed by atoms with Gasteiger partial charge in [-0.15, -0.1) is 0 Å². The highest BCUT2D eigenvalue weighted by Gasteiger charge is 2.24. The van der Waals surface area contributed by atoms with Crippen molar-refractivity contribution < 1.29 is 4.79 Å². The molecule has 1 aliphatic heterocycles. The monoisotopic (exact) mass is 291 g/mol. The van der Waals surface area contributed by atoms with Crippen LogP contribution in [-0.4, -0.2) is 15.5 Å². The third-order valence-corrected chi connectivity index (χ3v) is 4.37. The molecule has 0 spiro atoms. The quantitative estimate of drug-likeness (QED) is 0.741. The average Bonchev–Trinajstić information content (AvgIpc) is 2.92. The number of fused-ring (bicyclic) bond motifs is 2. The molecule has 4 heteroatoms. The van der Waals surface area contributed by atoms with Crippen molar-refractivity contribution in [2.45, 2.75) is 26.2 Å². The van der Waals surface area contributed by atoms with Crippen LogP contribution in [0.3, 0.4) is 0 Å². The Morgan fingerprint density at radius 3 is 2.95 bits per heavy atom. The number of para-hydroxylation sites is 2. The number of anilines is 1. The highest BCUT2D eigenvalue weighted by molar-refractivity contribution is 5.96. The molecule has 4 nitrogen and oxygen atoms in total. The van der Waals surface area contributed by atoms with Crippen molar-refractivity contribution in [1.29, 1.82) is 0 Å². The van der Waals surface area contributed by atoms with E-state index in [1.807, 2.05) is 31.5 Å². The van der Waals surface area contributed by atoms with E-state index in [-0.39, 0.29) is 11.8 Å². The van der Waals surface area contributed by atoms with E-state index in [4.69, 9.17) is 0 Å². The molecule has 110 valence electrons. The number of aromatic nitrogens is 2. The molecule has 2 heterocycles. The van der Waals surface area contributed by atoms with Gasteiger partial charge in [0.15, 0.2) is 0 Å². The molecule has 1 N–H and O–H groups in total. The van der Waals surface area contributed by atoms with Crippen molar-refractivity contribution in [3.05, 3.63) is 53.9 Å². The highest BCUT2D eigenvalue weighted by atomic mass is 16.1. The predicted molar refractivity (Wildman–Crippen MR) is 87.5 cm³/mol. The van der Waals surface area contributed by atoms with E-state index >= 15 is 0 Å². The van der Waals surface area contributed by atoms with Crippen LogP contribution in [0, 0.1) is 6.92 Å². The van der Waals surface area contributed by atoms with Crippen LogP contribution in [0.2, 0.25) is 0 Å². The molecule has 2 aromatic carbocycles. The molecule has 0 saturated heterocycles. The van der Waals surface area contributed by atoms with Crippen LogP contribution in [0.25, 0.3) is 16.7 Å². The number of amides is 1. The zero-order valence-electron chi connectivity index (χ0n) is 12.6. The number of carbonyl (C=O) groups excluding carboxylic acids is 1. The van der Waals surface area contributed by atoms with Crippen LogP contribution < -0.4 is 5.32 Å². The summed E-state index contributed by atoms with van der Waals surface area (Å²) in [5.74, 6) is 0.334. The van der Waals surface area contributed by atoms with Gasteiger partial charge in [-0.25, -0.2) is 4.98 Å². The van der Waals surface area contributed by atoms with Crippen LogP contribution >= 0.6 is 0 Å². The third kappa shape index (κ3) is 1.91. The third-order valence-electron chi connectivity index (χ3n) is 4.37. The molecule has 0 bridgehead atoms. The van der Waals surface area contributed by atoms with E-state index in [9.17, 15) is 4.79 Å². The van der Waals surface area contributed by atoms with Crippen LogP contribution in [0.15, 0.2) is 42.7 Å². The number of imidazole rings is 1. The molecule has 3 aromatic rings. The number of rotatable bonds is 1. The van der Waals surface area contributed by atoms with Gasteiger partial charge in [0.1, 0.15) is 6.33 Å². The minimum absolute atomic E-state index is 0.101. The van der Waals surface area contributed by atoms with Gasteiger partial charge >= 0.3 is 0 Å². The number of nitrogens with one attached hydrogen (secondary N) is 1.